The molecule has 0 saturated carbocycles. The van der Waals surface area contributed by atoms with E-state index >= 15 is 0 Å². The van der Waals surface area contributed by atoms with Gasteiger partial charge in [0.2, 0.25) is 0 Å². The van der Waals surface area contributed by atoms with Crippen LogP contribution in [0.15, 0.2) is 153 Å². The zero-order chi connectivity index (χ0) is 35.6. The van der Waals surface area contributed by atoms with Crippen LogP contribution in [0, 0.1) is 6.92 Å². The standard InChI is InChI=1S/C47H37BN2O2S/c1-28-25-36-40-37(26-28)50(33-16-12-13-30(27-33)29-21-23-31(24-22-29)47(2,3)4)42-44-43(34-17-8-10-19-38(34)51-44)52-45(42)48(40)46-41(35-18-9-11-20-39(35)53-46)49(36)32-14-6-5-7-15-32/h5-27,41,46H,1-4H3. The van der Waals surface area contributed by atoms with E-state index in [0.717, 1.165) is 39.2 Å². The quantitative estimate of drug-likeness (QED) is 0.171. The van der Waals surface area contributed by atoms with Crippen molar-refractivity contribution in [3.05, 3.63) is 156 Å². The van der Waals surface area contributed by atoms with E-state index in [-0.39, 0.29) is 23.3 Å². The first kappa shape index (κ1) is 31.0. The molecule has 6 heteroatoms. The molecular formula is C47H37BN2O2S. The Balaban J connectivity index is 1.19. The van der Waals surface area contributed by atoms with E-state index in [1.807, 2.05) is 23.9 Å². The van der Waals surface area contributed by atoms with E-state index in [1.54, 1.807) is 0 Å². The number of hydrogen-bond donors (Lipinski definition) is 0. The van der Waals surface area contributed by atoms with E-state index in [4.69, 9.17) is 8.83 Å². The second-order valence-corrected chi connectivity index (χ2v) is 17.0. The molecule has 0 radical (unpaired) electrons. The van der Waals surface area contributed by atoms with Gasteiger partial charge in [-0.25, -0.2) is 0 Å². The number of furan rings is 2. The van der Waals surface area contributed by atoms with Gasteiger partial charge in [0.1, 0.15) is 11.3 Å². The van der Waals surface area contributed by atoms with Gasteiger partial charge in [-0.15, -0.1) is 11.8 Å². The van der Waals surface area contributed by atoms with Gasteiger partial charge in [-0.1, -0.05) is 106 Å². The predicted octanol–water partition coefficient (Wildman–Crippen LogP) is 11.8. The Kier molecular flexibility index (Phi) is 6.55. The van der Waals surface area contributed by atoms with Crippen LogP contribution < -0.4 is 20.9 Å². The second kappa shape index (κ2) is 11.2. The van der Waals surface area contributed by atoms with Crippen LogP contribution in [0.5, 0.6) is 0 Å². The highest BCUT2D eigenvalue weighted by molar-refractivity contribution is 8.02. The molecule has 0 saturated heterocycles. The lowest BCUT2D eigenvalue weighted by Crippen LogP contribution is -2.62. The minimum Gasteiger partial charge on any atom is -0.464 e. The molecule has 256 valence electrons. The molecule has 2 atom stereocenters. The Labute approximate surface area is 314 Å². The molecule has 0 amide bonds. The molecule has 3 aliphatic heterocycles. The van der Waals surface area contributed by atoms with Crippen molar-refractivity contribution in [1.29, 1.82) is 0 Å². The van der Waals surface area contributed by atoms with E-state index in [9.17, 15) is 0 Å². The molecular weight excluding hydrogens is 667 g/mol. The number of rotatable bonds is 3. The number of hydrogen-bond acceptors (Lipinski definition) is 5. The van der Waals surface area contributed by atoms with Gasteiger partial charge < -0.3 is 18.6 Å². The first-order valence-corrected chi connectivity index (χ1v) is 19.4. The summed E-state index contributed by atoms with van der Waals surface area (Å²) in [5, 5.41) is 1.18. The highest BCUT2D eigenvalue weighted by Crippen LogP contribution is 2.57. The average Bonchev–Trinajstić information content (AvgIpc) is 3.85. The number of para-hydroxylation sites is 2. The first-order chi connectivity index (χ1) is 25.8. The van der Waals surface area contributed by atoms with Crippen molar-refractivity contribution in [3.8, 4) is 11.1 Å². The van der Waals surface area contributed by atoms with Gasteiger partial charge in [0.15, 0.2) is 11.2 Å². The normalized spacial score (nSPS) is 17.2. The summed E-state index contributed by atoms with van der Waals surface area (Å²) in [5.74, 6) is 0. The van der Waals surface area contributed by atoms with Crippen LogP contribution >= 0.6 is 11.8 Å². The summed E-state index contributed by atoms with van der Waals surface area (Å²) in [6, 6.07) is 51.0. The van der Waals surface area contributed by atoms with Crippen LogP contribution in [0.3, 0.4) is 0 Å². The molecule has 2 aromatic heterocycles. The largest absolute Gasteiger partial charge is 0.464 e. The molecule has 2 unspecified atom stereocenters. The topological polar surface area (TPSA) is 32.8 Å². The zero-order valence-corrected chi connectivity index (χ0v) is 30.9. The van der Waals surface area contributed by atoms with Gasteiger partial charge in [-0.2, -0.15) is 0 Å². The molecule has 8 aromatic rings. The Hall–Kier alpha value is -5.59. The van der Waals surface area contributed by atoms with E-state index < -0.39 is 0 Å². The molecule has 0 aliphatic carbocycles. The number of aryl methyl sites for hydroxylation is 1. The molecule has 3 aliphatic rings. The maximum absolute atomic E-state index is 7.22. The van der Waals surface area contributed by atoms with Gasteiger partial charge >= 0.3 is 0 Å². The van der Waals surface area contributed by atoms with Gasteiger partial charge in [0.05, 0.1) is 17.1 Å². The van der Waals surface area contributed by atoms with Crippen LogP contribution in [0.25, 0.3) is 33.3 Å². The van der Waals surface area contributed by atoms with Crippen LogP contribution in [-0.2, 0) is 5.41 Å². The number of fused-ring (bicyclic) bond motifs is 10. The van der Waals surface area contributed by atoms with Crippen LogP contribution in [-0.4, -0.2) is 11.9 Å². The summed E-state index contributed by atoms with van der Waals surface area (Å²) in [5.41, 5.74) is 16.8. The van der Waals surface area contributed by atoms with Gasteiger partial charge in [-0.3, -0.25) is 0 Å². The van der Waals surface area contributed by atoms with Gasteiger partial charge in [0.25, 0.3) is 6.71 Å². The van der Waals surface area contributed by atoms with Crippen molar-refractivity contribution in [2.45, 2.75) is 49.2 Å². The fourth-order valence-corrected chi connectivity index (χ4v) is 10.6. The molecule has 0 bridgehead atoms. The highest BCUT2D eigenvalue weighted by Gasteiger charge is 2.56. The van der Waals surface area contributed by atoms with E-state index in [2.05, 4.69) is 165 Å². The van der Waals surface area contributed by atoms with Crippen LogP contribution in [0.4, 0.5) is 28.4 Å². The van der Waals surface area contributed by atoms with Crippen molar-refractivity contribution in [2.24, 2.45) is 0 Å². The van der Waals surface area contributed by atoms with Gasteiger partial charge in [-0.05, 0) is 100 Å². The Morgan fingerprint density at radius 1 is 0.660 bits per heavy atom. The fourth-order valence-electron chi connectivity index (χ4n) is 9.05. The summed E-state index contributed by atoms with van der Waals surface area (Å²) in [4.78, 5) is 6.36. The molecule has 0 fully saturated rings. The number of benzene rings is 6. The predicted molar refractivity (Wildman–Crippen MR) is 222 cm³/mol. The minimum atomic E-state index is 0.00343. The summed E-state index contributed by atoms with van der Waals surface area (Å²) in [6.07, 6.45) is 0. The number of thioether (sulfide) groups is 1. The first-order valence-electron chi connectivity index (χ1n) is 18.5. The Bertz CT molecular complexity index is 2740. The number of nitrogens with zero attached hydrogens (tertiary/aromatic N) is 2. The van der Waals surface area contributed by atoms with Crippen molar-refractivity contribution in [2.75, 3.05) is 9.80 Å². The number of anilines is 5. The van der Waals surface area contributed by atoms with Crippen LogP contribution in [0.1, 0.15) is 43.5 Å². The van der Waals surface area contributed by atoms with Gasteiger partial charge in [0, 0.05) is 32.8 Å². The van der Waals surface area contributed by atoms with Crippen molar-refractivity contribution >= 4 is 80.2 Å². The molecule has 0 spiro atoms. The Morgan fingerprint density at radius 3 is 2.23 bits per heavy atom. The lowest BCUT2D eigenvalue weighted by Gasteiger charge is -2.47. The third-order valence-electron chi connectivity index (χ3n) is 11.5. The maximum atomic E-state index is 7.22. The molecule has 6 aromatic carbocycles. The van der Waals surface area contributed by atoms with Crippen molar-refractivity contribution in [3.63, 3.8) is 0 Å². The molecule has 5 heterocycles. The molecule has 11 rings (SSSR count). The minimum absolute atomic E-state index is 0.00343. The fraction of sp³-hybridized carbons (Fsp3) is 0.149. The summed E-state index contributed by atoms with van der Waals surface area (Å²) < 4.78 is 14.0. The molecule has 0 N–H and O–H groups in total. The molecule has 53 heavy (non-hydrogen) atoms. The highest BCUT2D eigenvalue weighted by atomic mass is 32.2. The summed E-state index contributed by atoms with van der Waals surface area (Å²) >= 11 is 1.99. The summed E-state index contributed by atoms with van der Waals surface area (Å²) in [6.45, 7) is 9.02. The molecule has 4 nitrogen and oxygen atoms in total. The lowest BCUT2D eigenvalue weighted by atomic mass is 9.35. The summed E-state index contributed by atoms with van der Waals surface area (Å²) in [7, 11) is 0. The smallest absolute Gasteiger partial charge is 0.279 e. The third kappa shape index (κ3) is 4.51. The second-order valence-electron chi connectivity index (χ2n) is 15.7. The maximum Gasteiger partial charge on any atom is 0.279 e. The SMILES string of the molecule is Cc1cc2c3c(c1)N(c1ccccc1)C1c4ccccc4SC1B3c1oc3c(oc4ccccc43)c1N2c1cccc(-c2ccc(C(C)(C)C)cc2)c1. The monoisotopic (exact) mass is 704 g/mol. The van der Waals surface area contributed by atoms with E-state index in [1.165, 1.54) is 55.2 Å². The third-order valence-corrected chi connectivity index (χ3v) is 12.9. The Morgan fingerprint density at radius 2 is 1.40 bits per heavy atom. The van der Waals surface area contributed by atoms with E-state index in [0.29, 0.717) is 0 Å². The average molecular weight is 705 g/mol. The van der Waals surface area contributed by atoms with Crippen molar-refractivity contribution < 1.29 is 8.83 Å². The van der Waals surface area contributed by atoms with Crippen LogP contribution in [0.2, 0.25) is 0 Å². The zero-order valence-electron chi connectivity index (χ0n) is 30.1. The lowest BCUT2D eigenvalue weighted by molar-refractivity contribution is 0.590. The van der Waals surface area contributed by atoms with Crippen molar-refractivity contribution in [1.82, 2.24) is 0 Å².